The number of aliphatic hydroxyl groups excluding tert-OH is 1. The molecule has 1 heterocycles. The van der Waals surface area contributed by atoms with Gasteiger partial charge in [0.15, 0.2) is 0 Å². The standard InChI is InChI=1S/C12H9Br2FOS/c13-9-3-4-17-12(9)11(16)5-7-1-2-8(15)6-10(7)14/h1-4,6,11,16H,5H2. The molecular weight excluding hydrogens is 371 g/mol. The van der Waals surface area contributed by atoms with Crippen LogP contribution in [0.15, 0.2) is 38.6 Å². The number of hydrogen-bond acceptors (Lipinski definition) is 2. The minimum atomic E-state index is -0.578. The Balaban J connectivity index is 2.19. The van der Waals surface area contributed by atoms with Gasteiger partial charge in [0.25, 0.3) is 0 Å². The van der Waals surface area contributed by atoms with Gasteiger partial charge in [-0.2, -0.15) is 0 Å². The molecule has 1 atom stereocenters. The van der Waals surface area contributed by atoms with Crippen LogP contribution in [0.4, 0.5) is 4.39 Å². The Morgan fingerprint density at radius 1 is 1.24 bits per heavy atom. The summed E-state index contributed by atoms with van der Waals surface area (Å²) >= 11 is 8.19. The van der Waals surface area contributed by atoms with E-state index in [2.05, 4.69) is 31.9 Å². The van der Waals surface area contributed by atoms with Gasteiger partial charge in [-0.15, -0.1) is 11.3 Å². The Bertz CT molecular complexity index is 527. The third kappa shape index (κ3) is 3.16. The Hall–Kier alpha value is -0.230. The monoisotopic (exact) mass is 378 g/mol. The number of benzene rings is 1. The van der Waals surface area contributed by atoms with E-state index in [4.69, 9.17) is 0 Å². The van der Waals surface area contributed by atoms with Gasteiger partial charge < -0.3 is 5.11 Å². The Labute approximate surface area is 120 Å². The first-order chi connectivity index (χ1) is 8.08. The summed E-state index contributed by atoms with van der Waals surface area (Å²) in [6.07, 6.45) is -0.119. The Kier molecular flexibility index (Phi) is 4.36. The molecule has 90 valence electrons. The van der Waals surface area contributed by atoms with Crippen LogP contribution in [0.5, 0.6) is 0 Å². The van der Waals surface area contributed by atoms with Crippen LogP contribution in [-0.4, -0.2) is 5.11 Å². The number of rotatable bonds is 3. The van der Waals surface area contributed by atoms with Gasteiger partial charge in [-0.25, -0.2) is 4.39 Å². The highest BCUT2D eigenvalue weighted by Gasteiger charge is 2.15. The highest BCUT2D eigenvalue weighted by molar-refractivity contribution is 9.10. The van der Waals surface area contributed by atoms with Crippen LogP contribution in [0.3, 0.4) is 0 Å². The summed E-state index contributed by atoms with van der Waals surface area (Å²) in [5.74, 6) is -0.285. The van der Waals surface area contributed by atoms with E-state index in [9.17, 15) is 9.50 Å². The predicted octanol–water partition coefficient (Wildman–Crippen LogP) is 4.69. The average Bonchev–Trinajstić information content (AvgIpc) is 2.68. The van der Waals surface area contributed by atoms with Gasteiger partial charge >= 0.3 is 0 Å². The first-order valence-corrected chi connectivity index (χ1v) is 7.39. The molecule has 0 aliphatic heterocycles. The van der Waals surface area contributed by atoms with Crippen LogP contribution in [-0.2, 0) is 6.42 Å². The fourth-order valence-electron chi connectivity index (χ4n) is 1.53. The summed E-state index contributed by atoms with van der Waals surface area (Å²) < 4.78 is 14.5. The number of halogens is 3. The highest BCUT2D eigenvalue weighted by Crippen LogP contribution is 2.32. The van der Waals surface area contributed by atoms with Crippen molar-refractivity contribution < 1.29 is 9.50 Å². The molecule has 0 aliphatic rings. The molecule has 0 saturated carbocycles. The summed E-state index contributed by atoms with van der Waals surface area (Å²) in [4.78, 5) is 0.890. The first kappa shape index (κ1) is 13.2. The normalized spacial score (nSPS) is 12.7. The lowest BCUT2D eigenvalue weighted by Crippen LogP contribution is -2.01. The molecule has 0 radical (unpaired) electrons. The molecule has 17 heavy (non-hydrogen) atoms. The predicted molar refractivity (Wildman–Crippen MR) is 74.8 cm³/mol. The van der Waals surface area contributed by atoms with Crippen LogP contribution in [0, 0.1) is 5.82 Å². The van der Waals surface area contributed by atoms with Gasteiger partial charge in [-0.1, -0.05) is 22.0 Å². The zero-order valence-electron chi connectivity index (χ0n) is 8.66. The van der Waals surface area contributed by atoms with Crippen molar-refractivity contribution in [1.82, 2.24) is 0 Å². The summed E-state index contributed by atoms with van der Waals surface area (Å²) in [5.41, 5.74) is 0.888. The maximum absolute atomic E-state index is 12.9. The van der Waals surface area contributed by atoms with Gasteiger partial charge in [-0.3, -0.25) is 0 Å². The lowest BCUT2D eigenvalue weighted by molar-refractivity contribution is 0.181. The van der Waals surface area contributed by atoms with E-state index in [1.54, 1.807) is 6.07 Å². The SMILES string of the molecule is OC(Cc1ccc(F)cc1Br)c1sccc1Br. The minimum absolute atomic E-state index is 0.285. The van der Waals surface area contributed by atoms with Crippen molar-refractivity contribution in [1.29, 1.82) is 0 Å². The van der Waals surface area contributed by atoms with Crippen molar-refractivity contribution in [3.05, 3.63) is 54.8 Å². The van der Waals surface area contributed by atoms with Gasteiger partial charge in [-0.05, 0) is 45.1 Å². The molecule has 1 unspecified atom stereocenters. The van der Waals surface area contributed by atoms with E-state index < -0.39 is 6.10 Å². The third-order valence-corrected chi connectivity index (χ3v) is 5.09. The smallest absolute Gasteiger partial charge is 0.124 e. The molecule has 1 aromatic heterocycles. The topological polar surface area (TPSA) is 20.2 Å². The number of hydrogen-bond donors (Lipinski definition) is 1. The Morgan fingerprint density at radius 2 is 2.00 bits per heavy atom. The van der Waals surface area contributed by atoms with Crippen LogP contribution in [0.25, 0.3) is 0 Å². The van der Waals surface area contributed by atoms with Crippen molar-refractivity contribution in [3.8, 4) is 0 Å². The number of aliphatic hydroxyl groups is 1. The molecule has 0 spiro atoms. The molecule has 0 bridgehead atoms. The molecule has 0 fully saturated rings. The molecular formula is C12H9Br2FOS. The summed E-state index contributed by atoms with van der Waals surface area (Å²) in [6.45, 7) is 0. The molecule has 2 rings (SSSR count). The Morgan fingerprint density at radius 3 is 2.59 bits per heavy atom. The van der Waals surface area contributed by atoms with E-state index in [1.165, 1.54) is 23.5 Å². The fraction of sp³-hybridized carbons (Fsp3) is 0.167. The molecule has 1 N–H and O–H groups in total. The molecule has 5 heteroatoms. The molecule has 1 aromatic carbocycles. The van der Waals surface area contributed by atoms with Crippen molar-refractivity contribution in [2.75, 3.05) is 0 Å². The molecule has 1 nitrogen and oxygen atoms in total. The number of thiophene rings is 1. The maximum atomic E-state index is 12.9. The first-order valence-electron chi connectivity index (χ1n) is 4.93. The van der Waals surface area contributed by atoms with Crippen molar-refractivity contribution in [2.24, 2.45) is 0 Å². The van der Waals surface area contributed by atoms with Gasteiger partial charge in [0, 0.05) is 20.2 Å². The summed E-state index contributed by atoms with van der Waals surface area (Å²) in [6, 6.07) is 6.40. The van der Waals surface area contributed by atoms with Gasteiger partial charge in [0.2, 0.25) is 0 Å². The summed E-state index contributed by atoms with van der Waals surface area (Å²) in [7, 11) is 0. The quantitative estimate of drug-likeness (QED) is 0.820. The van der Waals surface area contributed by atoms with Gasteiger partial charge in [0.1, 0.15) is 5.82 Å². The van der Waals surface area contributed by atoms with Gasteiger partial charge in [0.05, 0.1) is 6.10 Å². The van der Waals surface area contributed by atoms with E-state index in [0.717, 1.165) is 14.9 Å². The molecule has 0 aliphatic carbocycles. The second-order valence-electron chi connectivity index (χ2n) is 3.59. The lowest BCUT2D eigenvalue weighted by atomic mass is 10.1. The third-order valence-electron chi connectivity index (χ3n) is 2.38. The van der Waals surface area contributed by atoms with Crippen LogP contribution < -0.4 is 0 Å². The van der Waals surface area contributed by atoms with Crippen molar-refractivity contribution in [3.63, 3.8) is 0 Å². The molecule has 2 aromatic rings. The summed E-state index contributed by atoms with van der Waals surface area (Å²) in [5, 5.41) is 12.0. The zero-order valence-corrected chi connectivity index (χ0v) is 12.6. The van der Waals surface area contributed by atoms with Crippen LogP contribution in [0.1, 0.15) is 16.5 Å². The van der Waals surface area contributed by atoms with Crippen LogP contribution in [0.2, 0.25) is 0 Å². The van der Waals surface area contributed by atoms with Crippen molar-refractivity contribution >= 4 is 43.2 Å². The minimum Gasteiger partial charge on any atom is -0.387 e. The zero-order chi connectivity index (χ0) is 12.4. The van der Waals surface area contributed by atoms with E-state index in [1.807, 2.05) is 11.4 Å². The average molecular weight is 380 g/mol. The largest absolute Gasteiger partial charge is 0.387 e. The second kappa shape index (κ2) is 5.61. The van der Waals surface area contributed by atoms with Crippen LogP contribution >= 0.6 is 43.2 Å². The highest BCUT2D eigenvalue weighted by atomic mass is 79.9. The lowest BCUT2D eigenvalue weighted by Gasteiger charge is -2.11. The molecule has 0 amide bonds. The maximum Gasteiger partial charge on any atom is 0.124 e. The molecule has 0 saturated heterocycles. The van der Waals surface area contributed by atoms with E-state index in [-0.39, 0.29) is 5.82 Å². The fourth-order valence-corrected chi connectivity index (χ4v) is 3.67. The van der Waals surface area contributed by atoms with Crippen molar-refractivity contribution in [2.45, 2.75) is 12.5 Å². The second-order valence-corrected chi connectivity index (χ2v) is 6.24. The van der Waals surface area contributed by atoms with E-state index >= 15 is 0 Å². The van der Waals surface area contributed by atoms with E-state index in [0.29, 0.717) is 10.9 Å².